The summed E-state index contributed by atoms with van der Waals surface area (Å²) in [4.78, 5) is 27.1. The molecule has 0 atom stereocenters. The molecule has 9 nitrogen and oxygen atoms in total. The topological polar surface area (TPSA) is 109 Å². The van der Waals surface area contributed by atoms with Crippen LogP contribution in [0.2, 0.25) is 0 Å². The summed E-state index contributed by atoms with van der Waals surface area (Å²) < 4.78 is 38.0. The van der Waals surface area contributed by atoms with Gasteiger partial charge in [0, 0.05) is 30.6 Å². The number of hydrogen-bond donors (Lipinski definition) is 2. The molecule has 0 spiro atoms. The molecular weight excluding hydrogens is 518 g/mol. The Kier molecular flexibility index (Phi) is 5.63. The molecule has 0 bridgehead atoms. The van der Waals surface area contributed by atoms with Crippen molar-refractivity contribution in [2.45, 2.75) is 25.4 Å². The lowest BCUT2D eigenvalue weighted by atomic mass is 9.97. The number of amides is 1. The van der Waals surface area contributed by atoms with Crippen LogP contribution >= 0.6 is 0 Å². The second-order valence-corrected chi connectivity index (χ2v) is 10.1. The number of aliphatic hydroxyl groups excluding tert-OH is 1. The van der Waals surface area contributed by atoms with Gasteiger partial charge in [-0.25, -0.2) is 18.7 Å². The molecule has 7 rings (SSSR count). The first kappa shape index (κ1) is 24.4. The number of imidazole rings is 1. The van der Waals surface area contributed by atoms with Crippen LogP contribution in [0, 0.1) is 11.6 Å². The number of H-pyrrole nitrogens is 1. The lowest BCUT2D eigenvalue weighted by molar-refractivity contribution is 0.0985. The molecule has 0 unspecified atom stereocenters. The van der Waals surface area contributed by atoms with E-state index in [0.717, 1.165) is 24.0 Å². The number of pyridine rings is 1. The Labute approximate surface area is 227 Å². The third-order valence-electron chi connectivity index (χ3n) is 7.46. The number of carbonyl (C=O) groups excluding carboxylic acids is 1. The second-order valence-electron chi connectivity index (χ2n) is 10.1. The van der Waals surface area contributed by atoms with Crippen molar-refractivity contribution in [1.29, 1.82) is 0 Å². The van der Waals surface area contributed by atoms with Crippen molar-refractivity contribution in [3.63, 3.8) is 0 Å². The molecule has 5 aromatic rings. The van der Waals surface area contributed by atoms with Crippen molar-refractivity contribution in [3.05, 3.63) is 77.2 Å². The number of aromatic nitrogens is 5. The van der Waals surface area contributed by atoms with Gasteiger partial charge in [0.05, 0.1) is 36.1 Å². The zero-order valence-electron chi connectivity index (χ0n) is 21.5. The molecular formula is C29H24F2N6O3. The van der Waals surface area contributed by atoms with Gasteiger partial charge in [-0.3, -0.25) is 9.48 Å². The van der Waals surface area contributed by atoms with E-state index in [1.165, 1.54) is 23.1 Å². The Bertz CT molecular complexity index is 1810. The summed E-state index contributed by atoms with van der Waals surface area (Å²) in [7, 11) is 1.79. The van der Waals surface area contributed by atoms with Gasteiger partial charge in [-0.2, -0.15) is 5.10 Å². The van der Waals surface area contributed by atoms with Crippen LogP contribution in [0.5, 0.6) is 5.75 Å². The molecule has 11 heteroatoms. The van der Waals surface area contributed by atoms with Crippen LogP contribution in [0.15, 0.2) is 48.9 Å². The number of aryl methyl sites for hydroxylation is 1. The van der Waals surface area contributed by atoms with Gasteiger partial charge in [0.25, 0.3) is 5.91 Å². The number of fused-ring (bicyclic) bond motifs is 2. The highest BCUT2D eigenvalue weighted by molar-refractivity contribution is 6.09. The monoisotopic (exact) mass is 542 g/mol. The molecule has 1 amide bonds. The number of carbonyl (C=O) groups is 1. The standard InChI is InChI=1S/C29H24F2N6O3/c1-36-13-17(12-33-36)27-34-26-19(4-5-32-28(26)35-27)20-10-18(30)11-23(21(20)14-38)37-6-7-40-24-9-16(15-2-3-15)8-22(31)25(24)29(37)39/h4-5,8-13,15,38H,2-3,6-7,14H2,1H3,(H,32,34,35). The van der Waals surface area contributed by atoms with Crippen LogP contribution in [-0.4, -0.2) is 48.9 Å². The van der Waals surface area contributed by atoms with Crippen LogP contribution < -0.4 is 9.64 Å². The van der Waals surface area contributed by atoms with Crippen molar-refractivity contribution >= 4 is 22.8 Å². The lowest BCUT2D eigenvalue weighted by Crippen LogP contribution is -2.34. The third-order valence-corrected chi connectivity index (χ3v) is 7.46. The number of anilines is 1. The van der Waals surface area contributed by atoms with Crippen LogP contribution in [-0.2, 0) is 13.7 Å². The fourth-order valence-corrected chi connectivity index (χ4v) is 5.37. The number of nitrogens with one attached hydrogen (secondary N) is 1. The average molecular weight is 543 g/mol. The largest absolute Gasteiger partial charge is 0.491 e. The first-order valence-electron chi connectivity index (χ1n) is 13.0. The highest BCUT2D eigenvalue weighted by Crippen LogP contribution is 2.43. The van der Waals surface area contributed by atoms with E-state index >= 15 is 8.78 Å². The fourth-order valence-electron chi connectivity index (χ4n) is 5.37. The predicted molar refractivity (Wildman–Crippen MR) is 143 cm³/mol. The summed E-state index contributed by atoms with van der Waals surface area (Å²) in [5, 5.41) is 14.7. The van der Waals surface area contributed by atoms with Crippen molar-refractivity contribution in [2.75, 3.05) is 18.1 Å². The predicted octanol–water partition coefficient (Wildman–Crippen LogP) is 4.71. The minimum Gasteiger partial charge on any atom is -0.491 e. The summed E-state index contributed by atoms with van der Waals surface area (Å²) >= 11 is 0. The van der Waals surface area contributed by atoms with Gasteiger partial charge in [-0.05, 0) is 60.2 Å². The second kappa shape index (κ2) is 9.23. The first-order chi connectivity index (χ1) is 19.4. The maximum absolute atomic E-state index is 15.3. The first-order valence-corrected chi connectivity index (χ1v) is 13.0. The van der Waals surface area contributed by atoms with E-state index in [1.54, 1.807) is 42.5 Å². The Morgan fingerprint density at radius 2 is 2.02 bits per heavy atom. The Hall–Kier alpha value is -4.64. The summed E-state index contributed by atoms with van der Waals surface area (Å²) in [6.45, 7) is -0.376. The number of benzene rings is 2. The molecule has 1 fully saturated rings. The molecule has 1 aliphatic carbocycles. The Morgan fingerprint density at radius 3 is 2.77 bits per heavy atom. The maximum atomic E-state index is 15.3. The highest BCUT2D eigenvalue weighted by Gasteiger charge is 2.33. The summed E-state index contributed by atoms with van der Waals surface area (Å²) in [6.07, 6.45) is 6.97. The number of nitrogens with zero attached hydrogens (tertiary/aromatic N) is 5. The van der Waals surface area contributed by atoms with Gasteiger partial charge in [-0.1, -0.05) is 0 Å². The van der Waals surface area contributed by atoms with E-state index < -0.39 is 24.1 Å². The van der Waals surface area contributed by atoms with Crippen LogP contribution in [0.25, 0.3) is 33.7 Å². The van der Waals surface area contributed by atoms with Crippen molar-refractivity contribution in [3.8, 4) is 28.3 Å². The average Bonchev–Trinajstić information content (AvgIpc) is 3.59. The molecule has 1 aliphatic heterocycles. The quantitative estimate of drug-likeness (QED) is 0.333. The van der Waals surface area contributed by atoms with Crippen molar-refractivity contribution < 1.29 is 23.4 Å². The van der Waals surface area contributed by atoms with E-state index in [9.17, 15) is 9.90 Å². The SMILES string of the molecule is Cn1cc(-c2nc3nccc(-c4cc(F)cc(N5CCOc6cc(C7CC7)cc(F)c6C5=O)c4CO)c3[nH]2)cn1. The van der Waals surface area contributed by atoms with Crippen LogP contribution in [0.4, 0.5) is 14.5 Å². The Morgan fingerprint density at radius 1 is 1.18 bits per heavy atom. The Balaban J connectivity index is 1.35. The zero-order chi connectivity index (χ0) is 27.5. The minimum absolute atomic E-state index is 0.0442. The molecule has 0 radical (unpaired) electrons. The van der Waals surface area contributed by atoms with E-state index in [1.807, 2.05) is 0 Å². The highest BCUT2D eigenvalue weighted by atomic mass is 19.1. The number of rotatable bonds is 5. The minimum atomic E-state index is -0.672. The van der Waals surface area contributed by atoms with E-state index in [2.05, 4.69) is 20.1 Å². The lowest BCUT2D eigenvalue weighted by Gasteiger charge is -2.25. The summed E-state index contributed by atoms with van der Waals surface area (Å²) in [5.41, 5.74) is 3.63. The number of aliphatic hydroxyl groups is 1. The number of hydrogen-bond acceptors (Lipinski definition) is 6. The van der Waals surface area contributed by atoms with Gasteiger partial charge in [0.1, 0.15) is 35.4 Å². The van der Waals surface area contributed by atoms with Crippen molar-refractivity contribution in [1.82, 2.24) is 24.7 Å². The molecule has 202 valence electrons. The third kappa shape index (κ3) is 4.01. The summed E-state index contributed by atoms with van der Waals surface area (Å²) in [6, 6.07) is 7.28. The molecule has 2 N–H and O–H groups in total. The smallest absolute Gasteiger partial charge is 0.265 e. The number of aromatic amines is 1. The normalized spacial score (nSPS) is 15.3. The van der Waals surface area contributed by atoms with Gasteiger partial charge < -0.3 is 19.7 Å². The van der Waals surface area contributed by atoms with Gasteiger partial charge in [0.15, 0.2) is 5.65 Å². The molecule has 2 aliphatic rings. The maximum Gasteiger partial charge on any atom is 0.265 e. The molecule has 3 aromatic heterocycles. The van der Waals surface area contributed by atoms with Crippen molar-refractivity contribution in [2.24, 2.45) is 7.05 Å². The van der Waals surface area contributed by atoms with E-state index in [-0.39, 0.29) is 36.1 Å². The summed E-state index contributed by atoms with van der Waals surface area (Å²) in [5.74, 6) is -0.950. The zero-order valence-corrected chi connectivity index (χ0v) is 21.5. The number of halogens is 2. The van der Waals surface area contributed by atoms with E-state index in [4.69, 9.17) is 4.74 Å². The molecule has 2 aromatic carbocycles. The van der Waals surface area contributed by atoms with Crippen LogP contribution in [0.1, 0.15) is 40.2 Å². The van der Waals surface area contributed by atoms with Gasteiger partial charge in [0.2, 0.25) is 0 Å². The molecule has 0 saturated heterocycles. The van der Waals surface area contributed by atoms with Gasteiger partial charge in [-0.15, -0.1) is 0 Å². The van der Waals surface area contributed by atoms with E-state index in [0.29, 0.717) is 33.7 Å². The molecule has 40 heavy (non-hydrogen) atoms. The molecule has 1 saturated carbocycles. The van der Waals surface area contributed by atoms with Crippen LogP contribution in [0.3, 0.4) is 0 Å². The fraction of sp³-hybridized carbons (Fsp3) is 0.241. The number of ether oxygens (including phenoxy) is 1. The van der Waals surface area contributed by atoms with Gasteiger partial charge >= 0.3 is 0 Å². The molecule has 4 heterocycles.